The molecule has 24 heavy (non-hydrogen) atoms. The van der Waals surface area contributed by atoms with Crippen LogP contribution < -0.4 is 5.32 Å². The third kappa shape index (κ3) is 5.79. The molecule has 0 spiro atoms. The lowest BCUT2D eigenvalue weighted by molar-refractivity contribution is -0.00806. The highest BCUT2D eigenvalue weighted by molar-refractivity contribution is 5.80. The highest BCUT2D eigenvalue weighted by Gasteiger charge is 2.24. The normalized spacial score (nSPS) is 19.1. The third-order valence-corrected chi connectivity index (χ3v) is 3.87. The van der Waals surface area contributed by atoms with Crippen molar-refractivity contribution >= 4 is 5.96 Å². The lowest BCUT2D eigenvalue weighted by Crippen LogP contribution is -2.48. The van der Waals surface area contributed by atoms with Gasteiger partial charge < -0.3 is 19.7 Å². The van der Waals surface area contributed by atoms with Gasteiger partial charge in [-0.05, 0) is 12.3 Å². The second-order valence-electron chi connectivity index (χ2n) is 6.55. The molecule has 7 heteroatoms. The number of nitrogens with one attached hydrogen (secondary N) is 1. The fourth-order valence-corrected chi connectivity index (χ4v) is 2.68. The molecule has 0 aliphatic carbocycles. The summed E-state index contributed by atoms with van der Waals surface area (Å²) in [4.78, 5) is 6.65. The van der Waals surface area contributed by atoms with E-state index < -0.39 is 0 Å². The van der Waals surface area contributed by atoms with E-state index in [2.05, 4.69) is 34.2 Å². The van der Waals surface area contributed by atoms with Crippen LogP contribution in [0.4, 0.5) is 0 Å². The van der Waals surface area contributed by atoms with Crippen molar-refractivity contribution in [1.29, 1.82) is 0 Å². The van der Waals surface area contributed by atoms with Gasteiger partial charge >= 0.3 is 0 Å². The summed E-state index contributed by atoms with van der Waals surface area (Å²) in [6.07, 6.45) is 4.90. The fraction of sp³-hybridized carbons (Fsp3) is 0.765. The van der Waals surface area contributed by atoms with Crippen LogP contribution in [0.15, 0.2) is 17.4 Å². The highest BCUT2D eigenvalue weighted by Crippen LogP contribution is 2.21. The first-order chi connectivity index (χ1) is 11.6. The summed E-state index contributed by atoms with van der Waals surface area (Å²) >= 11 is 0. The Labute approximate surface area is 145 Å². The van der Waals surface area contributed by atoms with Gasteiger partial charge in [-0.3, -0.25) is 9.67 Å². The minimum absolute atomic E-state index is 0.0420. The Balaban J connectivity index is 1.76. The fourth-order valence-electron chi connectivity index (χ4n) is 2.68. The van der Waals surface area contributed by atoms with Crippen LogP contribution in [-0.2, 0) is 16.5 Å². The van der Waals surface area contributed by atoms with Gasteiger partial charge in [0.25, 0.3) is 0 Å². The van der Waals surface area contributed by atoms with Gasteiger partial charge in [0.2, 0.25) is 0 Å². The average molecular weight is 337 g/mol. The molecule has 1 atom stereocenters. The second-order valence-corrected chi connectivity index (χ2v) is 6.55. The topological polar surface area (TPSA) is 63.9 Å². The largest absolute Gasteiger partial charge is 0.381 e. The summed E-state index contributed by atoms with van der Waals surface area (Å²) in [7, 11) is 3.75. The van der Waals surface area contributed by atoms with E-state index in [-0.39, 0.29) is 6.10 Å². The monoisotopic (exact) mass is 337 g/mol. The average Bonchev–Trinajstić information content (AvgIpc) is 3.01. The van der Waals surface area contributed by atoms with Gasteiger partial charge in [-0.25, -0.2) is 0 Å². The van der Waals surface area contributed by atoms with Crippen LogP contribution >= 0.6 is 0 Å². The molecule has 1 aliphatic heterocycles. The van der Waals surface area contributed by atoms with Gasteiger partial charge in [-0.15, -0.1) is 0 Å². The standard InChI is InChI=1S/C17H31N5O2/c1-14(2)13-23-8-5-6-19-17(18-3)22-7-9-24-16(12-22)15-10-20-21(4)11-15/h10-11,14,16H,5-9,12-13H2,1-4H3,(H,18,19). The Morgan fingerprint density at radius 3 is 3.04 bits per heavy atom. The zero-order valence-corrected chi connectivity index (χ0v) is 15.4. The van der Waals surface area contributed by atoms with Crippen LogP contribution in [0.25, 0.3) is 0 Å². The molecular formula is C17H31N5O2. The van der Waals surface area contributed by atoms with E-state index in [0.717, 1.165) is 50.8 Å². The van der Waals surface area contributed by atoms with Crippen LogP contribution in [0.1, 0.15) is 31.9 Å². The molecule has 0 amide bonds. The maximum atomic E-state index is 5.88. The molecule has 1 fully saturated rings. The number of hydrogen-bond acceptors (Lipinski definition) is 4. The molecule has 136 valence electrons. The Kier molecular flexibility index (Phi) is 7.52. The van der Waals surface area contributed by atoms with Crippen molar-refractivity contribution in [2.45, 2.75) is 26.4 Å². The first-order valence-electron chi connectivity index (χ1n) is 8.73. The number of ether oxygens (including phenoxy) is 2. The molecule has 1 aromatic rings. The summed E-state index contributed by atoms with van der Waals surface area (Å²) in [5.41, 5.74) is 1.11. The minimum atomic E-state index is 0.0420. The summed E-state index contributed by atoms with van der Waals surface area (Å²) in [5, 5.41) is 7.65. The number of guanidine groups is 1. The van der Waals surface area contributed by atoms with Crippen molar-refractivity contribution in [1.82, 2.24) is 20.0 Å². The van der Waals surface area contributed by atoms with Gasteiger partial charge in [0, 0.05) is 52.2 Å². The van der Waals surface area contributed by atoms with Crippen molar-refractivity contribution in [3.63, 3.8) is 0 Å². The maximum Gasteiger partial charge on any atom is 0.193 e. The molecule has 0 aromatic carbocycles. The minimum Gasteiger partial charge on any atom is -0.381 e. The Bertz CT molecular complexity index is 515. The van der Waals surface area contributed by atoms with Gasteiger partial charge in [0.15, 0.2) is 5.96 Å². The molecule has 1 N–H and O–H groups in total. The third-order valence-electron chi connectivity index (χ3n) is 3.87. The van der Waals surface area contributed by atoms with Crippen LogP contribution in [0.3, 0.4) is 0 Å². The Morgan fingerprint density at radius 2 is 2.38 bits per heavy atom. The molecule has 0 bridgehead atoms. The molecule has 0 saturated carbocycles. The first kappa shape index (κ1) is 18.7. The summed E-state index contributed by atoms with van der Waals surface area (Å²) in [6, 6.07) is 0. The predicted molar refractivity (Wildman–Crippen MR) is 95.1 cm³/mol. The van der Waals surface area contributed by atoms with Crippen molar-refractivity contribution in [3.05, 3.63) is 18.0 Å². The van der Waals surface area contributed by atoms with Crippen LogP contribution in [0, 0.1) is 5.92 Å². The summed E-state index contributed by atoms with van der Waals surface area (Å²) in [5.74, 6) is 1.51. The lowest BCUT2D eigenvalue weighted by atomic mass is 10.1. The van der Waals surface area contributed by atoms with Crippen LogP contribution in [-0.4, -0.2) is 67.1 Å². The van der Waals surface area contributed by atoms with Crippen molar-refractivity contribution in [2.75, 3.05) is 46.5 Å². The van der Waals surface area contributed by atoms with Gasteiger partial charge in [0.05, 0.1) is 19.3 Å². The van der Waals surface area contributed by atoms with E-state index >= 15 is 0 Å². The molecule has 1 aliphatic rings. The maximum absolute atomic E-state index is 5.88. The van der Waals surface area contributed by atoms with E-state index in [9.17, 15) is 0 Å². The van der Waals surface area contributed by atoms with Crippen molar-refractivity contribution in [3.8, 4) is 0 Å². The summed E-state index contributed by atoms with van der Waals surface area (Å²) in [6.45, 7) is 9.12. The molecular weight excluding hydrogens is 306 g/mol. The second kappa shape index (κ2) is 9.64. The van der Waals surface area contributed by atoms with E-state index in [1.165, 1.54) is 0 Å². The predicted octanol–water partition coefficient (Wildman–Crippen LogP) is 1.43. The molecule has 7 nitrogen and oxygen atoms in total. The number of aryl methyl sites for hydroxylation is 1. The van der Waals surface area contributed by atoms with Gasteiger partial charge in [-0.2, -0.15) is 5.10 Å². The highest BCUT2D eigenvalue weighted by atomic mass is 16.5. The summed E-state index contributed by atoms with van der Waals surface area (Å²) < 4.78 is 13.3. The van der Waals surface area contributed by atoms with E-state index in [0.29, 0.717) is 12.5 Å². The Morgan fingerprint density at radius 1 is 1.54 bits per heavy atom. The zero-order valence-electron chi connectivity index (χ0n) is 15.4. The van der Waals surface area contributed by atoms with Crippen LogP contribution in [0.5, 0.6) is 0 Å². The number of rotatable bonds is 7. The SMILES string of the molecule is CN=C(NCCCOCC(C)C)N1CCOC(c2cnn(C)c2)C1. The van der Waals surface area contributed by atoms with Gasteiger partial charge in [-0.1, -0.05) is 13.8 Å². The van der Waals surface area contributed by atoms with E-state index in [4.69, 9.17) is 9.47 Å². The van der Waals surface area contributed by atoms with Crippen molar-refractivity contribution < 1.29 is 9.47 Å². The van der Waals surface area contributed by atoms with E-state index in [1.54, 1.807) is 0 Å². The smallest absolute Gasteiger partial charge is 0.193 e. The number of hydrogen-bond donors (Lipinski definition) is 1. The molecule has 2 rings (SSSR count). The van der Waals surface area contributed by atoms with Crippen molar-refractivity contribution in [2.24, 2.45) is 18.0 Å². The molecule has 1 aromatic heterocycles. The number of nitrogens with zero attached hydrogens (tertiary/aromatic N) is 4. The zero-order chi connectivity index (χ0) is 17.4. The molecule has 0 radical (unpaired) electrons. The van der Waals surface area contributed by atoms with E-state index in [1.807, 2.05) is 31.2 Å². The van der Waals surface area contributed by atoms with Crippen LogP contribution in [0.2, 0.25) is 0 Å². The number of morpholine rings is 1. The number of aliphatic imine (C=N–C) groups is 1. The molecule has 2 heterocycles. The molecule has 1 unspecified atom stereocenters. The quantitative estimate of drug-likeness (QED) is 0.463. The first-order valence-corrected chi connectivity index (χ1v) is 8.73. The lowest BCUT2D eigenvalue weighted by Gasteiger charge is -2.34. The molecule has 1 saturated heterocycles. The Hall–Kier alpha value is -1.60. The van der Waals surface area contributed by atoms with Gasteiger partial charge in [0.1, 0.15) is 6.10 Å². The number of aromatic nitrogens is 2.